The molecule has 3 rings (SSSR count). The van der Waals surface area contributed by atoms with E-state index in [1.54, 1.807) is 0 Å². The number of guanidine groups is 1. The second-order valence-electron chi connectivity index (χ2n) is 7.41. The normalized spacial score (nSPS) is 22.0. The topological polar surface area (TPSA) is 69.6 Å². The summed E-state index contributed by atoms with van der Waals surface area (Å²) in [6.45, 7) is 7.56. The highest BCUT2D eigenvalue weighted by Crippen LogP contribution is 2.35. The number of aliphatic imine (C=N–C) groups is 1. The van der Waals surface area contributed by atoms with Crippen molar-refractivity contribution < 1.29 is 4.79 Å². The zero-order valence-electron chi connectivity index (χ0n) is 16.4. The molecule has 1 aliphatic heterocycles. The number of nitrogens with one attached hydrogen (secondary N) is 2. The lowest BCUT2D eigenvalue weighted by Gasteiger charge is -2.22. The molecule has 2 atom stereocenters. The van der Waals surface area contributed by atoms with Crippen LogP contribution in [0, 0.1) is 18.8 Å². The summed E-state index contributed by atoms with van der Waals surface area (Å²) in [5.74, 6) is 3.17. The van der Waals surface area contributed by atoms with Crippen LogP contribution in [0.1, 0.15) is 44.7 Å². The molecule has 1 saturated heterocycles. The van der Waals surface area contributed by atoms with Crippen molar-refractivity contribution >= 4 is 41.7 Å². The van der Waals surface area contributed by atoms with Gasteiger partial charge in [-0.15, -0.1) is 24.0 Å². The average Bonchev–Trinajstić information content (AvgIpc) is 3.05. The first-order chi connectivity index (χ1) is 12.7. The van der Waals surface area contributed by atoms with E-state index in [2.05, 4.69) is 27.4 Å². The molecule has 1 aromatic heterocycles. The molecule has 2 N–H and O–H groups in total. The predicted molar refractivity (Wildman–Crippen MR) is 121 cm³/mol. The third kappa shape index (κ3) is 6.33. The van der Waals surface area contributed by atoms with Crippen molar-refractivity contribution in [3.8, 4) is 0 Å². The van der Waals surface area contributed by atoms with E-state index >= 15 is 0 Å². The van der Waals surface area contributed by atoms with Gasteiger partial charge >= 0.3 is 0 Å². The van der Waals surface area contributed by atoms with Gasteiger partial charge in [0.1, 0.15) is 5.82 Å². The van der Waals surface area contributed by atoms with E-state index in [0.717, 1.165) is 43.1 Å². The Morgan fingerprint density at radius 3 is 2.59 bits per heavy atom. The highest BCUT2D eigenvalue weighted by Gasteiger charge is 2.35. The van der Waals surface area contributed by atoms with Gasteiger partial charge in [-0.1, -0.05) is 18.9 Å². The average molecular weight is 485 g/mol. The lowest BCUT2D eigenvalue weighted by Crippen LogP contribution is -2.40. The summed E-state index contributed by atoms with van der Waals surface area (Å²) in [6.07, 6.45) is 5.82. The fraction of sp³-hybridized carbons (Fsp3) is 0.650. The van der Waals surface area contributed by atoms with E-state index < -0.39 is 0 Å². The summed E-state index contributed by atoms with van der Waals surface area (Å²) in [5.41, 5.74) is 0.894. The van der Waals surface area contributed by atoms with Gasteiger partial charge in [-0.25, -0.2) is 4.98 Å². The number of amides is 1. The van der Waals surface area contributed by atoms with Gasteiger partial charge < -0.3 is 15.5 Å². The first kappa shape index (κ1) is 21.9. The number of aryl methyl sites for hydroxylation is 1. The van der Waals surface area contributed by atoms with E-state index in [4.69, 9.17) is 4.99 Å². The number of hydrogen-bond donors (Lipinski definition) is 2. The number of rotatable bonds is 5. The number of carbonyl (C=O) groups excluding carboxylic acids is 1. The maximum atomic E-state index is 12.1. The van der Waals surface area contributed by atoms with E-state index in [0.29, 0.717) is 18.8 Å². The number of nitrogens with zero attached hydrogens (tertiary/aromatic N) is 3. The third-order valence-electron chi connectivity index (χ3n) is 5.37. The first-order valence-corrected chi connectivity index (χ1v) is 9.92. The van der Waals surface area contributed by atoms with Gasteiger partial charge in [0.15, 0.2) is 5.96 Å². The van der Waals surface area contributed by atoms with Crippen LogP contribution < -0.4 is 10.6 Å². The molecule has 1 aromatic rings. The van der Waals surface area contributed by atoms with Crippen LogP contribution in [0.5, 0.6) is 0 Å². The predicted octanol–water partition coefficient (Wildman–Crippen LogP) is 3.42. The molecule has 27 heavy (non-hydrogen) atoms. The van der Waals surface area contributed by atoms with Crippen LogP contribution in [0.25, 0.3) is 0 Å². The van der Waals surface area contributed by atoms with Gasteiger partial charge in [-0.05, 0) is 50.7 Å². The van der Waals surface area contributed by atoms with Crippen molar-refractivity contribution in [2.75, 3.05) is 31.5 Å². The number of hydrogen-bond acceptors (Lipinski definition) is 3. The molecule has 0 bridgehead atoms. The minimum atomic E-state index is -0.0437. The number of halogens is 1. The van der Waals surface area contributed by atoms with Crippen molar-refractivity contribution in [2.24, 2.45) is 16.8 Å². The first-order valence-electron chi connectivity index (χ1n) is 9.92. The van der Waals surface area contributed by atoms with E-state index in [1.165, 1.54) is 25.7 Å². The summed E-state index contributed by atoms with van der Waals surface area (Å²) >= 11 is 0. The van der Waals surface area contributed by atoms with Crippen molar-refractivity contribution in [1.82, 2.24) is 15.2 Å². The number of anilines is 1. The Labute approximate surface area is 179 Å². The SMILES string of the molecule is CCNC(=NCCC(=O)Nc1cccc(C)n1)N1CC2CCCCC2C1.I. The number of likely N-dealkylation sites (tertiary alicyclic amines) is 1. The smallest absolute Gasteiger partial charge is 0.227 e. The number of carbonyl (C=O) groups is 1. The summed E-state index contributed by atoms with van der Waals surface area (Å²) < 4.78 is 0. The monoisotopic (exact) mass is 485 g/mol. The van der Waals surface area contributed by atoms with Gasteiger partial charge in [0.05, 0.1) is 6.54 Å². The Balaban J connectivity index is 0.00000261. The summed E-state index contributed by atoms with van der Waals surface area (Å²) in [4.78, 5) is 23.5. The van der Waals surface area contributed by atoms with Gasteiger partial charge in [0.25, 0.3) is 0 Å². The Hall–Kier alpha value is -1.38. The van der Waals surface area contributed by atoms with E-state index in [9.17, 15) is 4.79 Å². The highest BCUT2D eigenvalue weighted by molar-refractivity contribution is 14.0. The molecule has 2 heterocycles. The molecule has 1 saturated carbocycles. The van der Waals surface area contributed by atoms with Gasteiger partial charge in [-0.3, -0.25) is 9.79 Å². The van der Waals surface area contributed by atoms with Gasteiger partial charge in [0, 0.05) is 31.7 Å². The van der Waals surface area contributed by atoms with E-state index in [-0.39, 0.29) is 29.9 Å². The summed E-state index contributed by atoms with van der Waals surface area (Å²) in [7, 11) is 0. The second-order valence-corrected chi connectivity index (χ2v) is 7.41. The number of aromatic nitrogens is 1. The quantitative estimate of drug-likeness (QED) is 0.381. The third-order valence-corrected chi connectivity index (χ3v) is 5.37. The Bertz CT molecular complexity index is 637. The minimum absolute atomic E-state index is 0. The van der Waals surface area contributed by atoms with Crippen molar-refractivity contribution in [2.45, 2.75) is 46.0 Å². The van der Waals surface area contributed by atoms with E-state index in [1.807, 2.05) is 25.1 Å². The maximum absolute atomic E-state index is 12.1. The zero-order valence-corrected chi connectivity index (χ0v) is 18.7. The molecule has 1 amide bonds. The highest BCUT2D eigenvalue weighted by atomic mass is 127. The molecule has 7 heteroatoms. The van der Waals surface area contributed by atoms with Crippen LogP contribution in [-0.4, -0.2) is 47.9 Å². The standard InChI is InChI=1S/C20H31N5O.HI/c1-3-21-20(25-13-16-8-4-5-9-17(16)14-25)22-12-11-19(26)24-18-10-6-7-15(2)23-18;/h6-7,10,16-17H,3-5,8-9,11-14H2,1-2H3,(H,21,22)(H,23,24,26);1H. The van der Waals surface area contributed by atoms with Crippen LogP contribution in [0.4, 0.5) is 5.82 Å². The van der Waals surface area contributed by atoms with Crippen LogP contribution in [0.2, 0.25) is 0 Å². The fourth-order valence-corrected chi connectivity index (χ4v) is 4.09. The van der Waals surface area contributed by atoms with Gasteiger partial charge in [-0.2, -0.15) is 0 Å². The number of pyridine rings is 1. The van der Waals surface area contributed by atoms with Crippen LogP contribution in [-0.2, 0) is 4.79 Å². The maximum Gasteiger partial charge on any atom is 0.227 e. The summed E-state index contributed by atoms with van der Waals surface area (Å²) in [6, 6.07) is 5.62. The van der Waals surface area contributed by atoms with Crippen LogP contribution >= 0.6 is 24.0 Å². The Morgan fingerprint density at radius 2 is 1.96 bits per heavy atom. The van der Waals surface area contributed by atoms with Crippen molar-refractivity contribution in [3.05, 3.63) is 23.9 Å². The number of fused-ring (bicyclic) bond motifs is 1. The molecule has 2 aliphatic rings. The molecule has 150 valence electrons. The fourth-order valence-electron chi connectivity index (χ4n) is 4.09. The second kappa shape index (κ2) is 10.8. The molecule has 0 radical (unpaired) electrons. The largest absolute Gasteiger partial charge is 0.357 e. The van der Waals surface area contributed by atoms with Crippen LogP contribution in [0.3, 0.4) is 0 Å². The molecule has 2 unspecified atom stereocenters. The molecule has 0 spiro atoms. The Morgan fingerprint density at radius 1 is 1.26 bits per heavy atom. The van der Waals surface area contributed by atoms with Crippen molar-refractivity contribution in [3.63, 3.8) is 0 Å². The van der Waals surface area contributed by atoms with Crippen LogP contribution in [0.15, 0.2) is 23.2 Å². The Kier molecular flexibility index (Phi) is 8.79. The molecular formula is C20H32IN5O. The van der Waals surface area contributed by atoms with Gasteiger partial charge in [0.2, 0.25) is 5.91 Å². The lowest BCUT2D eigenvalue weighted by atomic mass is 9.82. The minimum Gasteiger partial charge on any atom is -0.357 e. The molecule has 2 fully saturated rings. The molecule has 6 nitrogen and oxygen atoms in total. The molecule has 1 aliphatic carbocycles. The van der Waals surface area contributed by atoms with Crippen molar-refractivity contribution in [1.29, 1.82) is 0 Å². The molecule has 0 aromatic carbocycles. The zero-order chi connectivity index (χ0) is 18.4. The lowest BCUT2D eigenvalue weighted by molar-refractivity contribution is -0.116. The molecular weight excluding hydrogens is 453 g/mol. The summed E-state index contributed by atoms with van der Waals surface area (Å²) in [5, 5.41) is 6.24.